The van der Waals surface area contributed by atoms with Crippen LogP contribution >= 0.6 is 0 Å². The third-order valence-electron chi connectivity index (χ3n) is 7.41. The summed E-state index contributed by atoms with van der Waals surface area (Å²) in [7, 11) is 0. The fourth-order valence-electron chi connectivity index (χ4n) is 5.29. The van der Waals surface area contributed by atoms with Gasteiger partial charge in [-0.05, 0) is 6.42 Å². The molecule has 192 valence electrons. The van der Waals surface area contributed by atoms with Gasteiger partial charge in [0.2, 0.25) is 0 Å². The molecule has 3 saturated heterocycles. The van der Waals surface area contributed by atoms with E-state index >= 15 is 0 Å². The van der Waals surface area contributed by atoms with Crippen molar-refractivity contribution >= 4 is 5.97 Å². The van der Waals surface area contributed by atoms with Crippen LogP contribution in [0.1, 0.15) is 116 Å². The summed E-state index contributed by atoms with van der Waals surface area (Å²) in [5.74, 6) is -0.177. The first-order valence-corrected chi connectivity index (χ1v) is 13.9. The third kappa shape index (κ3) is 9.46. The Labute approximate surface area is 201 Å². The summed E-state index contributed by atoms with van der Waals surface area (Å²) >= 11 is 0. The molecule has 33 heavy (non-hydrogen) atoms. The highest BCUT2D eigenvalue weighted by molar-refractivity contribution is 5.69. The minimum Gasteiger partial charge on any atom is -0.457 e. The highest BCUT2D eigenvalue weighted by Crippen LogP contribution is 2.40. The van der Waals surface area contributed by atoms with Crippen molar-refractivity contribution in [2.24, 2.45) is 0 Å². The number of ether oxygens (including phenoxy) is 4. The standard InChI is InChI=1S/C27H48O6/c1-2-3-4-5-6-7-8-9-10-11-12-13-14-15-16-17-24(28)33-23-20-31-26-25(23)32-21-27(26,29)18-22-19-30-22/h22-23,25-26,29H,2-21H2,1H3/t22?,23-,25-,26+,27+/m1/s1. The largest absolute Gasteiger partial charge is 0.457 e. The van der Waals surface area contributed by atoms with Gasteiger partial charge in [0.25, 0.3) is 0 Å². The second-order valence-electron chi connectivity index (χ2n) is 10.5. The van der Waals surface area contributed by atoms with Crippen LogP contribution in [0, 0.1) is 0 Å². The van der Waals surface area contributed by atoms with Crippen molar-refractivity contribution in [2.45, 2.75) is 146 Å². The molecule has 1 unspecified atom stereocenters. The Kier molecular flexibility index (Phi) is 11.9. The summed E-state index contributed by atoms with van der Waals surface area (Å²) in [5, 5.41) is 10.8. The molecule has 3 fully saturated rings. The predicted octanol–water partition coefficient (Wildman–Crippen LogP) is 5.48. The predicted molar refractivity (Wildman–Crippen MR) is 128 cm³/mol. The molecule has 0 aliphatic carbocycles. The number of hydrogen-bond donors (Lipinski definition) is 1. The van der Waals surface area contributed by atoms with E-state index in [0.717, 1.165) is 12.8 Å². The average Bonchev–Trinajstić information content (AvgIpc) is 3.42. The number of unbranched alkanes of at least 4 members (excludes halogenated alkanes) is 14. The molecule has 3 heterocycles. The first kappa shape index (κ1) is 26.9. The van der Waals surface area contributed by atoms with Gasteiger partial charge in [-0.1, -0.05) is 96.8 Å². The molecule has 0 bridgehead atoms. The highest BCUT2D eigenvalue weighted by atomic mass is 16.6. The van der Waals surface area contributed by atoms with E-state index in [1.54, 1.807) is 0 Å². The van der Waals surface area contributed by atoms with Crippen molar-refractivity contribution < 1.29 is 28.8 Å². The lowest BCUT2D eigenvalue weighted by atomic mass is 9.91. The molecule has 3 rings (SSSR count). The van der Waals surface area contributed by atoms with Crippen molar-refractivity contribution in [1.82, 2.24) is 0 Å². The molecule has 0 amide bonds. The number of aliphatic hydroxyl groups is 1. The van der Waals surface area contributed by atoms with Crippen molar-refractivity contribution in [1.29, 1.82) is 0 Å². The van der Waals surface area contributed by atoms with E-state index in [1.807, 2.05) is 0 Å². The van der Waals surface area contributed by atoms with E-state index in [2.05, 4.69) is 6.92 Å². The summed E-state index contributed by atoms with van der Waals surface area (Å²) in [4.78, 5) is 12.3. The zero-order chi connectivity index (χ0) is 23.4. The van der Waals surface area contributed by atoms with E-state index in [9.17, 15) is 9.90 Å². The number of esters is 1. The van der Waals surface area contributed by atoms with Crippen LogP contribution < -0.4 is 0 Å². The van der Waals surface area contributed by atoms with Gasteiger partial charge in [-0.3, -0.25) is 4.79 Å². The lowest BCUT2D eigenvalue weighted by Gasteiger charge is -2.25. The lowest BCUT2D eigenvalue weighted by Crippen LogP contribution is -2.45. The molecule has 0 saturated carbocycles. The summed E-state index contributed by atoms with van der Waals surface area (Å²) in [6.45, 7) is 3.48. The quantitative estimate of drug-likeness (QED) is 0.154. The van der Waals surface area contributed by atoms with Crippen molar-refractivity contribution in [2.75, 3.05) is 19.8 Å². The molecule has 3 aliphatic rings. The second-order valence-corrected chi connectivity index (χ2v) is 10.5. The first-order valence-electron chi connectivity index (χ1n) is 13.9. The van der Waals surface area contributed by atoms with E-state index in [-0.39, 0.29) is 24.8 Å². The minimum atomic E-state index is -1.03. The van der Waals surface area contributed by atoms with Crippen LogP contribution in [0.2, 0.25) is 0 Å². The maximum atomic E-state index is 12.3. The number of fused-ring (bicyclic) bond motifs is 1. The minimum absolute atomic E-state index is 0.104. The summed E-state index contributed by atoms with van der Waals surface area (Å²) in [5.41, 5.74) is -1.03. The van der Waals surface area contributed by atoms with Crippen LogP contribution in [0.3, 0.4) is 0 Å². The molecule has 0 radical (unpaired) electrons. The molecular weight excluding hydrogens is 420 g/mol. The smallest absolute Gasteiger partial charge is 0.306 e. The van der Waals surface area contributed by atoms with E-state index in [0.29, 0.717) is 26.1 Å². The van der Waals surface area contributed by atoms with Crippen molar-refractivity contribution in [3.63, 3.8) is 0 Å². The molecular formula is C27H48O6. The van der Waals surface area contributed by atoms with Crippen LogP contribution in [0.25, 0.3) is 0 Å². The van der Waals surface area contributed by atoms with Crippen LogP contribution in [-0.2, 0) is 23.7 Å². The molecule has 6 heteroatoms. The van der Waals surface area contributed by atoms with Gasteiger partial charge < -0.3 is 24.1 Å². The zero-order valence-electron chi connectivity index (χ0n) is 20.9. The Morgan fingerprint density at radius 2 is 1.36 bits per heavy atom. The molecule has 0 aromatic heterocycles. The van der Waals surface area contributed by atoms with Gasteiger partial charge in [0.1, 0.15) is 17.8 Å². The number of rotatable bonds is 19. The fourth-order valence-corrected chi connectivity index (χ4v) is 5.29. The SMILES string of the molecule is CCCCCCCCCCCCCCCCCC(=O)O[C@@H]1CO[C@H]2[C@@H]1OC[C@@]2(O)CC1CO1. The van der Waals surface area contributed by atoms with Crippen molar-refractivity contribution in [3.05, 3.63) is 0 Å². The molecule has 0 aromatic rings. The molecule has 0 spiro atoms. The maximum absolute atomic E-state index is 12.3. The average molecular weight is 469 g/mol. The van der Waals surface area contributed by atoms with Crippen LogP contribution in [0.15, 0.2) is 0 Å². The topological polar surface area (TPSA) is 77.5 Å². The Hall–Kier alpha value is -0.690. The van der Waals surface area contributed by atoms with Gasteiger partial charge in [0.15, 0.2) is 6.10 Å². The Balaban J connectivity index is 1.11. The van der Waals surface area contributed by atoms with Crippen LogP contribution in [0.5, 0.6) is 0 Å². The number of epoxide rings is 1. The molecule has 1 N–H and O–H groups in total. The Morgan fingerprint density at radius 3 is 1.91 bits per heavy atom. The van der Waals surface area contributed by atoms with E-state index < -0.39 is 17.8 Å². The van der Waals surface area contributed by atoms with Gasteiger partial charge in [-0.25, -0.2) is 0 Å². The van der Waals surface area contributed by atoms with Crippen LogP contribution in [0.4, 0.5) is 0 Å². The molecule has 3 aliphatic heterocycles. The van der Waals surface area contributed by atoms with Crippen molar-refractivity contribution in [3.8, 4) is 0 Å². The van der Waals surface area contributed by atoms with E-state index in [4.69, 9.17) is 18.9 Å². The monoisotopic (exact) mass is 468 g/mol. The number of hydrogen-bond acceptors (Lipinski definition) is 6. The molecule has 0 aromatic carbocycles. The molecule has 5 atom stereocenters. The Morgan fingerprint density at radius 1 is 0.818 bits per heavy atom. The normalized spacial score (nSPS) is 30.5. The van der Waals surface area contributed by atoms with Gasteiger partial charge in [-0.2, -0.15) is 0 Å². The van der Waals surface area contributed by atoms with Gasteiger partial charge in [0.05, 0.1) is 25.9 Å². The zero-order valence-corrected chi connectivity index (χ0v) is 20.9. The van der Waals surface area contributed by atoms with Gasteiger partial charge >= 0.3 is 5.97 Å². The summed E-state index contributed by atoms with van der Waals surface area (Å²) in [6, 6.07) is 0. The maximum Gasteiger partial charge on any atom is 0.306 e. The number of carbonyl (C=O) groups is 1. The third-order valence-corrected chi connectivity index (χ3v) is 7.41. The lowest BCUT2D eigenvalue weighted by molar-refractivity contribution is -0.154. The second kappa shape index (κ2) is 14.7. The van der Waals surface area contributed by atoms with Gasteiger partial charge in [0, 0.05) is 12.8 Å². The summed E-state index contributed by atoms with van der Waals surface area (Å²) < 4.78 is 22.4. The molecule has 6 nitrogen and oxygen atoms in total. The number of carbonyl (C=O) groups excluding carboxylic acids is 1. The Bertz CT molecular complexity index is 551. The first-order chi connectivity index (χ1) is 16.1. The highest BCUT2D eigenvalue weighted by Gasteiger charge is 2.58. The fraction of sp³-hybridized carbons (Fsp3) is 0.963. The van der Waals surface area contributed by atoms with Gasteiger partial charge in [-0.15, -0.1) is 0 Å². The van der Waals surface area contributed by atoms with Crippen LogP contribution in [-0.4, -0.2) is 60.9 Å². The summed E-state index contributed by atoms with van der Waals surface area (Å²) in [6.07, 6.45) is 19.5. The van der Waals surface area contributed by atoms with E-state index in [1.165, 1.54) is 83.5 Å².